The summed E-state index contributed by atoms with van der Waals surface area (Å²) in [5.74, 6) is -0.138. The number of hydrogen-bond acceptors (Lipinski definition) is 5. The van der Waals surface area contributed by atoms with E-state index >= 15 is 0 Å². The quantitative estimate of drug-likeness (QED) is 0.570. The number of amides is 1. The summed E-state index contributed by atoms with van der Waals surface area (Å²) in [6.07, 6.45) is 0. The third-order valence-corrected chi connectivity index (χ3v) is 3.81. The Kier molecular flexibility index (Phi) is 8.53. The normalized spacial score (nSPS) is 10.2. The zero-order valence-corrected chi connectivity index (χ0v) is 17.2. The second-order valence-corrected chi connectivity index (χ2v) is 6.39. The van der Waals surface area contributed by atoms with Crippen LogP contribution in [0.5, 0.6) is 0 Å². The first-order chi connectivity index (χ1) is 14.0. The average Bonchev–Trinajstić information content (AvgIpc) is 2.75. The van der Waals surface area contributed by atoms with Gasteiger partial charge in [-0.05, 0) is 60.7 Å². The first-order valence-corrected chi connectivity index (χ1v) is 9.09. The van der Waals surface area contributed by atoms with Crippen LogP contribution in [-0.4, -0.2) is 34.2 Å². The maximum atomic E-state index is 12.1. The van der Waals surface area contributed by atoms with Gasteiger partial charge >= 0.3 is 0 Å². The molecule has 6 heteroatoms. The first kappa shape index (κ1) is 21.8. The van der Waals surface area contributed by atoms with Gasteiger partial charge < -0.3 is 15.0 Å². The predicted octanol–water partition coefficient (Wildman–Crippen LogP) is 5.68. The number of rotatable bonds is 5. The fourth-order valence-electron chi connectivity index (χ4n) is 2.34. The number of nitrogens with one attached hydrogen (secondary N) is 1. The molecule has 0 aromatic heterocycles. The molecule has 0 saturated carbocycles. The number of azo groups is 1. The molecular weight excluding hydrogens is 364 g/mol. The van der Waals surface area contributed by atoms with E-state index in [2.05, 4.69) is 20.3 Å². The second-order valence-electron chi connectivity index (χ2n) is 6.39. The molecule has 0 aliphatic heterocycles. The van der Waals surface area contributed by atoms with Crippen LogP contribution in [0.25, 0.3) is 0 Å². The summed E-state index contributed by atoms with van der Waals surface area (Å²) in [4.78, 5) is 14.2. The highest BCUT2D eigenvalue weighted by atomic mass is 16.4. The summed E-state index contributed by atoms with van der Waals surface area (Å²) in [6.45, 7) is 0. The Morgan fingerprint density at radius 2 is 1.28 bits per heavy atom. The zero-order valence-electron chi connectivity index (χ0n) is 17.2. The molecule has 0 heterocycles. The standard InChI is InChI=1S/C21H20N4O.C2H6O/c1-25(2)20-14-12-19(13-15-20)24-23-18-10-8-17(9-11-18)22-21(26)16-6-4-3-5-7-16;1-3-2/h3-15H,1-2H3,(H,22,26);1-2H3. The van der Waals surface area contributed by atoms with E-state index in [9.17, 15) is 4.79 Å². The lowest BCUT2D eigenvalue weighted by molar-refractivity contribution is 0.102. The lowest BCUT2D eigenvalue weighted by atomic mass is 10.2. The Morgan fingerprint density at radius 3 is 1.76 bits per heavy atom. The Morgan fingerprint density at radius 1 is 0.793 bits per heavy atom. The van der Waals surface area contributed by atoms with Crippen LogP contribution in [0.1, 0.15) is 10.4 Å². The maximum absolute atomic E-state index is 12.1. The summed E-state index contributed by atoms with van der Waals surface area (Å²) in [5.41, 5.74) is 3.96. The molecule has 0 aliphatic carbocycles. The number of methoxy groups -OCH3 is 1. The Labute approximate surface area is 171 Å². The molecule has 29 heavy (non-hydrogen) atoms. The minimum Gasteiger partial charge on any atom is -0.388 e. The highest BCUT2D eigenvalue weighted by Crippen LogP contribution is 2.22. The molecular formula is C23H26N4O2. The third kappa shape index (κ3) is 7.20. The van der Waals surface area contributed by atoms with Crippen molar-refractivity contribution >= 4 is 28.7 Å². The number of benzene rings is 3. The van der Waals surface area contributed by atoms with Gasteiger partial charge in [0.1, 0.15) is 0 Å². The van der Waals surface area contributed by atoms with Crippen LogP contribution >= 0.6 is 0 Å². The van der Waals surface area contributed by atoms with Gasteiger partial charge in [0.25, 0.3) is 5.91 Å². The van der Waals surface area contributed by atoms with Crippen molar-refractivity contribution in [1.29, 1.82) is 0 Å². The molecule has 0 atom stereocenters. The Bertz CT molecular complexity index is 906. The maximum Gasteiger partial charge on any atom is 0.255 e. The molecule has 3 rings (SSSR count). The van der Waals surface area contributed by atoms with Gasteiger partial charge in [0.15, 0.2) is 0 Å². The summed E-state index contributed by atoms with van der Waals surface area (Å²) in [5, 5.41) is 11.3. The van der Waals surface area contributed by atoms with Crippen molar-refractivity contribution in [2.45, 2.75) is 0 Å². The molecule has 0 bridgehead atoms. The lowest BCUT2D eigenvalue weighted by Crippen LogP contribution is -2.11. The van der Waals surface area contributed by atoms with Crippen LogP contribution < -0.4 is 10.2 Å². The van der Waals surface area contributed by atoms with Crippen molar-refractivity contribution in [1.82, 2.24) is 0 Å². The van der Waals surface area contributed by atoms with Crippen LogP contribution in [-0.2, 0) is 4.74 Å². The number of hydrogen-bond donors (Lipinski definition) is 1. The van der Waals surface area contributed by atoms with E-state index in [1.165, 1.54) is 0 Å². The third-order valence-electron chi connectivity index (χ3n) is 3.81. The number of carbonyl (C=O) groups is 1. The van der Waals surface area contributed by atoms with E-state index in [1.54, 1.807) is 26.4 Å². The molecule has 0 saturated heterocycles. The van der Waals surface area contributed by atoms with Crippen LogP contribution in [0.4, 0.5) is 22.7 Å². The molecule has 6 nitrogen and oxygen atoms in total. The lowest BCUT2D eigenvalue weighted by Gasteiger charge is -2.11. The molecule has 0 fully saturated rings. The van der Waals surface area contributed by atoms with Crippen molar-refractivity contribution in [2.24, 2.45) is 10.2 Å². The van der Waals surface area contributed by atoms with Crippen molar-refractivity contribution in [3.8, 4) is 0 Å². The summed E-state index contributed by atoms with van der Waals surface area (Å²) in [6, 6.07) is 24.2. The first-order valence-electron chi connectivity index (χ1n) is 9.09. The largest absolute Gasteiger partial charge is 0.388 e. The molecule has 150 valence electrons. The minimum atomic E-state index is -0.138. The summed E-state index contributed by atoms with van der Waals surface area (Å²) in [7, 11) is 7.24. The number of ether oxygens (including phenoxy) is 1. The van der Waals surface area contributed by atoms with Crippen LogP contribution in [0, 0.1) is 0 Å². The van der Waals surface area contributed by atoms with E-state index in [0.29, 0.717) is 11.3 Å². The molecule has 0 unspecified atom stereocenters. The van der Waals surface area contributed by atoms with E-state index < -0.39 is 0 Å². The second kappa shape index (κ2) is 11.4. The van der Waals surface area contributed by atoms with Crippen molar-refractivity contribution in [3.05, 3.63) is 84.4 Å². The van der Waals surface area contributed by atoms with Crippen molar-refractivity contribution < 1.29 is 9.53 Å². The van der Waals surface area contributed by atoms with E-state index in [0.717, 1.165) is 17.1 Å². The summed E-state index contributed by atoms with van der Waals surface area (Å²) >= 11 is 0. The van der Waals surface area contributed by atoms with Gasteiger partial charge in [0.2, 0.25) is 0 Å². The highest BCUT2D eigenvalue weighted by molar-refractivity contribution is 6.04. The fraction of sp³-hybridized carbons (Fsp3) is 0.174. The Balaban J connectivity index is 0.000000941. The molecule has 0 aliphatic rings. The number of carbonyl (C=O) groups excluding carboxylic acids is 1. The molecule has 3 aromatic rings. The van der Waals surface area contributed by atoms with Gasteiger partial charge in [-0.3, -0.25) is 4.79 Å². The van der Waals surface area contributed by atoms with Gasteiger partial charge in [-0.2, -0.15) is 10.2 Å². The zero-order chi connectivity index (χ0) is 21.1. The highest BCUT2D eigenvalue weighted by Gasteiger charge is 2.04. The molecule has 0 spiro atoms. The van der Waals surface area contributed by atoms with Gasteiger partial charge in [0, 0.05) is 45.3 Å². The molecule has 3 aromatic carbocycles. The van der Waals surface area contributed by atoms with E-state index in [-0.39, 0.29) is 5.91 Å². The van der Waals surface area contributed by atoms with Gasteiger partial charge in [-0.1, -0.05) is 18.2 Å². The van der Waals surface area contributed by atoms with Gasteiger partial charge in [-0.15, -0.1) is 0 Å². The van der Waals surface area contributed by atoms with Crippen LogP contribution in [0.2, 0.25) is 0 Å². The monoisotopic (exact) mass is 390 g/mol. The van der Waals surface area contributed by atoms with E-state index in [4.69, 9.17) is 0 Å². The SMILES string of the molecule is CN(C)c1ccc(N=Nc2ccc(NC(=O)c3ccccc3)cc2)cc1.COC. The van der Waals surface area contributed by atoms with Crippen molar-refractivity contribution in [3.63, 3.8) is 0 Å². The van der Waals surface area contributed by atoms with Gasteiger partial charge in [-0.25, -0.2) is 0 Å². The number of nitrogens with zero attached hydrogens (tertiary/aromatic N) is 3. The summed E-state index contributed by atoms with van der Waals surface area (Å²) < 4.78 is 4.25. The molecule has 1 amide bonds. The van der Waals surface area contributed by atoms with Crippen LogP contribution in [0.3, 0.4) is 0 Å². The molecule has 0 radical (unpaired) electrons. The fourth-order valence-corrected chi connectivity index (χ4v) is 2.34. The number of anilines is 2. The van der Waals surface area contributed by atoms with E-state index in [1.807, 2.05) is 85.7 Å². The molecule has 1 N–H and O–H groups in total. The van der Waals surface area contributed by atoms with Gasteiger partial charge in [0.05, 0.1) is 11.4 Å². The van der Waals surface area contributed by atoms with Crippen LogP contribution in [0.15, 0.2) is 89.1 Å². The smallest absolute Gasteiger partial charge is 0.255 e. The topological polar surface area (TPSA) is 66.3 Å². The average molecular weight is 390 g/mol. The van der Waals surface area contributed by atoms with Crippen molar-refractivity contribution in [2.75, 3.05) is 38.5 Å². The Hall–Kier alpha value is -3.51. The predicted molar refractivity (Wildman–Crippen MR) is 119 cm³/mol. The minimum absolute atomic E-state index is 0.138.